The molecular formula is C29H37N9O2. The van der Waals surface area contributed by atoms with Crippen LogP contribution >= 0.6 is 0 Å². The van der Waals surface area contributed by atoms with Gasteiger partial charge in [0.25, 0.3) is 5.91 Å². The van der Waals surface area contributed by atoms with Crippen molar-refractivity contribution in [3.05, 3.63) is 41.0 Å². The van der Waals surface area contributed by atoms with Gasteiger partial charge in [0.05, 0.1) is 23.7 Å². The molecule has 3 aromatic heterocycles. The number of fused-ring (bicyclic) bond motifs is 2. The molecule has 0 bridgehead atoms. The summed E-state index contributed by atoms with van der Waals surface area (Å²) in [5, 5.41) is 22.2. The lowest BCUT2D eigenvalue weighted by atomic mass is 9.89. The van der Waals surface area contributed by atoms with E-state index in [4.69, 9.17) is 21.9 Å². The minimum absolute atomic E-state index is 0.0218. The number of amidine groups is 1. The summed E-state index contributed by atoms with van der Waals surface area (Å²) in [5.74, 6) is 0.620. The van der Waals surface area contributed by atoms with Crippen LogP contribution in [0.1, 0.15) is 98.2 Å². The zero-order valence-corrected chi connectivity index (χ0v) is 22.9. The van der Waals surface area contributed by atoms with Crippen molar-refractivity contribution in [3.63, 3.8) is 0 Å². The Labute approximate surface area is 233 Å². The van der Waals surface area contributed by atoms with Crippen LogP contribution in [-0.2, 0) is 11.2 Å². The number of aliphatic imine (C=N–C) groups is 1. The third-order valence-corrected chi connectivity index (χ3v) is 8.86. The van der Waals surface area contributed by atoms with Gasteiger partial charge in [0.2, 0.25) is 0 Å². The fourth-order valence-electron chi connectivity index (χ4n) is 6.55. The van der Waals surface area contributed by atoms with E-state index in [9.17, 15) is 9.90 Å². The van der Waals surface area contributed by atoms with Crippen molar-refractivity contribution in [2.45, 2.75) is 88.2 Å². The van der Waals surface area contributed by atoms with E-state index in [2.05, 4.69) is 21.1 Å². The first-order valence-electron chi connectivity index (χ1n) is 14.3. The fourth-order valence-corrected chi connectivity index (χ4v) is 6.55. The van der Waals surface area contributed by atoms with Gasteiger partial charge in [0, 0.05) is 41.9 Å². The van der Waals surface area contributed by atoms with Gasteiger partial charge in [-0.15, -0.1) is 0 Å². The molecule has 0 aromatic carbocycles. The van der Waals surface area contributed by atoms with Crippen molar-refractivity contribution in [2.75, 3.05) is 12.8 Å². The summed E-state index contributed by atoms with van der Waals surface area (Å²) >= 11 is 0. The predicted molar refractivity (Wildman–Crippen MR) is 153 cm³/mol. The lowest BCUT2D eigenvalue weighted by Crippen LogP contribution is -2.44. The van der Waals surface area contributed by atoms with E-state index in [-0.39, 0.29) is 23.7 Å². The van der Waals surface area contributed by atoms with Crippen molar-refractivity contribution in [3.8, 4) is 11.1 Å². The highest BCUT2D eigenvalue weighted by Gasteiger charge is 2.36. The number of aliphatic hydroxyl groups excluding tert-OH is 1. The number of aromatic nitrogens is 4. The fraction of sp³-hybridized carbons (Fsp3) is 0.517. The van der Waals surface area contributed by atoms with Gasteiger partial charge in [0.15, 0.2) is 11.5 Å². The average Bonchev–Trinajstić information content (AvgIpc) is 3.74. The standard InChI is InChI=1S/C29H37N9O2/c1-37(29(40)26(31)34-15-30)20-7-3-2-5-18(12-20)25-23(16-9-10-16)27(32)38-28(36-25)21(14-35-38)19-11-17-6-4-8-22(39)24(17)33-13-19/h11,13-16,18,20,22,39H,2-10,12,32H2,1H3,(H3,30,31,34). The topological polar surface area (TPSA) is 172 Å². The van der Waals surface area contributed by atoms with Crippen LogP contribution in [0, 0.1) is 5.41 Å². The zero-order chi connectivity index (χ0) is 28.0. The first-order chi connectivity index (χ1) is 19.4. The summed E-state index contributed by atoms with van der Waals surface area (Å²) in [6, 6.07) is 2.09. The number of likely N-dealkylation sites (N-methyl/N-ethyl adjacent to an activating group) is 1. The number of hydrogen-bond acceptors (Lipinski definition) is 7. The number of nitrogens with one attached hydrogen (secondary N) is 1. The molecule has 210 valence electrons. The second-order valence-corrected chi connectivity index (χ2v) is 11.5. The van der Waals surface area contributed by atoms with Crippen molar-refractivity contribution in [2.24, 2.45) is 10.7 Å². The summed E-state index contributed by atoms with van der Waals surface area (Å²) in [5.41, 5.74) is 19.1. The van der Waals surface area contributed by atoms with Crippen molar-refractivity contribution in [1.82, 2.24) is 24.5 Å². The van der Waals surface area contributed by atoms with Gasteiger partial charge < -0.3 is 21.5 Å². The number of pyridine rings is 1. The van der Waals surface area contributed by atoms with E-state index in [1.54, 1.807) is 22.7 Å². The molecule has 3 unspecified atom stereocenters. The van der Waals surface area contributed by atoms with Crippen LogP contribution in [0.15, 0.2) is 23.5 Å². The van der Waals surface area contributed by atoms with Crippen LogP contribution < -0.4 is 11.5 Å². The van der Waals surface area contributed by atoms with Crippen LogP contribution in [0.2, 0.25) is 0 Å². The Morgan fingerprint density at radius 2 is 1.95 bits per heavy atom. The van der Waals surface area contributed by atoms with Crippen LogP contribution in [0.3, 0.4) is 0 Å². The first-order valence-corrected chi connectivity index (χ1v) is 14.3. The minimum Gasteiger partial charge on any atom is -0.387 e. The summed E-state index contributed by atoms with van der Waals surface area (Å²) in [7, 11) is 1.77. The number of carbonyl (C=O) groups excluding carboxylic acids is 1. The maximum absolute atomic E-state index is 12.9. The molecule has 0 radical (unpaired) electrons. The van der Waals surface area contributed by atoms with Crippen molar-refractivity contribution >= 4 is 29.5 Å². The maximum atomic E-state index is 12.9. The van der Waals surface area contributed by atoms with Crippen molar-refractivity contribution in [1.29, 1.82) is 5.41 Å². The van der Waals surface area contributed by atoms with Gasteiger partial charge >= 0.3 is 0 Å². The monoisotopic (exact) mass is 543 g/mol. The normalized spacial score (nSPS) is 23.4. The smallest absolute Gasteiger partial charge is 0.289 e. The SMILES string of the molecule is CN(C(=O)C(N)=NC=N)C1CCCCC(c2nc3c(-c4cnc5c(c4)CCCC5O)cnn3c(N)c2C2CC2)C1. The quantitative estimate of drug-likeness (QED) is 0.217. The summed E-state index contributed by atoms with van der Waals surface area (Å²) in [6.07, 6.45) is 13.3. The number of nitrogens with zero attached hydrogens (tertiary/aromatic N) is 6. The largest absolute Gasteiger partial charge is 0.387 e. The van der Waals surface area contributed by atoms with Gasteiger partial charge in [-0.3, -0.25) is 15.2 Å². The van der Waals surface area contributed by atoms with Crippen LogP contribution in [0.4, 0.5) is 5.82 Å². The van der Waals surface area contributed by atoms with Crippen molar-refractivity contribution < 1.29 is 9.90 Å². The number of aryl methyl sites for hydroxylation is 1. The Morgan fingerprint density at radius 1 is 1.15 bits per heavy atom. The number of carbonyl (C=O) groups is 1. The second-order valence-electron chi connectivity index (χ2n) is 11.5. The molecule has 2 saturated carbocycles. The molecule has 0 aliphatic heterocycles. The highest BCUT2D eigenvalue weighted by molar-refractivity contribution is 6.38. The second kappa shape index (κ2) is 10.6. The summed E-state index contributed by atoms with van der Waals surface area (Å²) < 4.78 is 1.76. The number of nitrogens with two attached hydrogens (primary N) is 2. The number of nitrogen functional groups attached to an aromatic ring is 1. The Balaban J connectivity index is 1.40. The predicted octanol–water partition coefficient (Wildman–Crippen LogP) is 3.46. The number of anilines is 1. The Bertz CT molecular complexity index is 1490. The molecular weight excluding hydrogens is 506 g/mol. The number of aliphatic hydroxyl groups is 1. The van der Waals surface area contributed by atoms with E-state index in [1.165, 1.54) is 0 Å². The number of amides is 1. The van der Waals surface area contributed by atoms with Gasteiger partial charge in [-0.05, 0) is 68.9 Å². The van der Waals surface area contributed by atoms with Gasteiger partial charge in [-0.1, -0.05) is 12.8 Å². The molecule has 3 atom stereocenters. The first kappa shape index (κ1) is 26.4. The Morgan fingerprint density at radius 3 is 2.73 bits per heavy atom. The number of hydrogen-bond donors (Lipinski definition) is 4. The molecule has 40 heavy (non-hydrogen) atoms. The molecule has 11 heteroatoms. The molecule has 1 amide bonds. The average molecular weight is 544 g/mol. The van der Waals surface area contributed by atoms with E-state index < -0.39 is 6.10 Å². The van der Waals surface area contributed by atoms with Crippen LogP contribution in [0.25, 0.3) is 16.8 Å². The molecule has 3 aromatic rings. The highest BCUT2D eigenvalue weighted by atomic mass is 16.3. The molecule has 0 spiro atoms. The lowest BCUT2D eigenvalue weighted by molar-refractivity contribution is -0.125. The van der Waals surface area contributed by atoms with E-state index >= 15 is 0 Å². The van der Waals surface area contributed by atoms with Crippen LogP contribution in [0.5, 0.6) is 0 Å². The molecule has 0 saturated heterocycles. The Hall–Kier alpha value is -3.86. The molecule has 3 aliphatic carbocycles. The van der Waals surface area contributed by atoms with E-state index in [1.807, 2.05) is 6.20 Å². The highest BCUT2D eigenvalue weighted by Crippen LogP contribution is 2.48. The molecule has 6 N–H and O–H groups in total. The van der Waals surface area contributed by atoms with Gasteiger partial charge in [0.1, 0.15) is 12.2 Å². The third kappa shape index (κ3) is 4.72. The number of rotatable bonds is 5. The van der Waals surface area contributed by atoms with Crippen LogP contribution in [-0.4, -0.2) is 60.8 Å². The summed E-state index contributed by atoms with van der Waals surface area (Å²) in [6.45, 7) is 0. The van der Waals surface area contributed by atoms with Gasteiger partial charge in [-0.2, -0.15) is 9.61 Å². The molecule has 6 rings (SSSR count). The Kier molecular flexibility index (Phi) is 6.99. The van der Waals surface area contributed by atoms with Gasteiger partial charge in [-0.25, -0.2) is 9.98 Å². The third-order valence-electron chi connectivity index (χ3n) is 8.86. The maximum Gasteiger partial charge on any atom is 0.289 e. The minimum atomic E-state index is -0.511. The zero-order valence-electron chi connectivity index (χ0n) is 22.9. The molecule has 2 fully saturated rings. The molecule has 11 nitrogen and oxygen atoms in total. The van der Waals surface area contributed by atoms with E-state index in [0.29, 0.717) is 17.4 Å². The molecule has 3 heterocycles. The lowest BCUT2D eigenvalue weighted by Gasteiger charge is -2.30. The summed E-state index contributed by atoms with van der Waals surface area (Å²) in [4.78, 5) is 28.2. The van der Waals surface area contributed by atoms with E-state index in [0.717, 1.165) is 104 Å². The molecule has 3 aliphatic rings.